The molecular weight excluding hydrogens is 128 g/mol. The normalized spacial score (nSPS) is 22.0. The second-order valence-electron chi connectivity index (χ2n) is 2.62. The highest BCUT2D eigenvalue weighted by Gasteiger charge is 2.11. The first-order chi connectivity index (χ1) is 4.93. The molecule has 0 spiro atoms. The summed E-state index contributed by atoms with van der Waals surface area (Å²) < 4.78 is 5.20. The molecule has 1 aliphatic heterocycles. The molecule has 1 saturated heterocycles. The van der Waals surface area contributed by atoms with Crippen LogP contribution in [-0.4, -0.2) is 19.4 Å². The van der Waals surface area contributed by atoms with Crippen molar-refractivity contribution in [2.24, 2.45) is 16.9 Å². The zero-order valence-electron chi connectivity index (χ0n) is 6.12. The molecule has 1 rings (SSSR count). The molecule has 0 aliphatic carbocycles. The summed E-state index contributed by atoms with van der Waals surface area (Å²) in [5.41, 5.74) is 0. The average Bonchev–Trinajstić information content (AvgIpc) is 2.03. The van der Waals surface area contributed by atoms with Crippen LogP contribution in [0.4, 0.5) is 0 Å². The van der Waals surface area contributed by atoms with Gasteiger partial charge in [0.05, 0.1) is 0 Å². The monoisotopic (exact) mass is 142 g/mol. The summed E-state index contributed by atoms with van der Waals surface area (Å²) in [6, 6.07) is 0. The molecule has 0 aromatic carbocycles. The van der Waals surface area contributed by atoms with Gasteiger partial charge in [-0.1, -0.05) is 0 Å². The van der Waals surface area contributed by atoms with Gasteiger partial charge in [-0.05, 0) is 25.2 Å². The third-order valence-corrected chi connectivity index (χ3v) is 1.89. The van der Waals surface area contributed by atoms with Gasteiger partial charge >= 0.3 is 0 Å². The number of hydrazone groups is 1. The summed E-state index contributed by atoms with van der Waals surface area (Å²) in [5, 5.41) is 3.46. The molecule has 1 heterocycles. The van der Waals surface area contributed by atoms with Crippen LogP contribution >= 0.6 is 0 Å². The van der Waals surface area contributed by atoms with E-state index in [2.05, 4.69) is 5.10 Å². The first-order valence-electron chi connectivity index (χ1n) is 3.73. The summed E-state index contributed by atoms with van der Waals surface area (Å²) in [4.78, 5) is 0. The number of hydrogen-bond donors (Lipinski definition) is 1. The predicted molar refractivity (Wildman–Crippen MR) is 40.8 cm³/mol. The molecule has 10 heavy (non-hydrogen) atoms. The highest BCUT2D eigenvalue weighted by molar-refractivity contribution is 5.56. The number of rotatable bonds is 2. The Morgan fingerprint density at radius 2 is 2.20 bits per heavy atom. The molecule has 0 aromatic rings. The van der Waals surface area contributed by atoms with Gasteiger partial charge in [0.15, 0.2) is 0 Å². The average molecular weight is 142 g/mol. The van der Waals surface area contributed by atoms with Crippen LogP contribution < -0.4 is 5.84 Å². The Kier molecular flexibility index (Phi) is 3.22. The fourth-order valence-electron chi connectivity index (χ4n) is 1.19. The fraction of sp³-hybridized carbons (Fsp3) is 0.857. The first-order valence-corrected chi connectivity index (χ1v) is 3.73. The predicted octanol–water partition coefficient (Wildman–Crippen LogP) is 0.748. The van der Waals surface area contributed by atoms with E-state index in [1.165, 1.54) is 0 Å². The lowest BCUT2D eigenvalue weighted by Crippen LogP contribution is -2.15. The molecule has 0 aromatic heterocycles. The van der Waals surface area contributed by atoms with Gasteiger partial charge in [-0.2, -0.15) is 5.10 Å². The summed E-state index contributed by atoms with van der Waals surface area (Å²) >= 11 is 0. The van der Waals surface area contributed by atoms with Crippen molar-refractivity contribution >= 4 is 6.21 Å². The highest BCUT2D eigenvalue weighted by Crippen LogP contribution is 2.16. The zero-order valence-corrected chi connectivity index (χ0v) is 6.12. The van der Waals surface area contributed by atoms with Gasteiger partial charge in [0.2, 0.25) is 0 Å². The maximum Gasteiger partial charge on any atom is 0.0468 e. The van der Waals surface area contributed by atoms with Crippen LogP contribution in [0.2, 0.25) is 0 Å². The molecule has 58 valence electrons. The van der Waals surface area contributed by atoms with E-state index in [0.29, 0.717) is 0 Å². The van der Waals surface area contributed by atoms with Crippen molar-refractivity contribution in [3.05, 3.63) is 0 Å². The van der Waals surface area contributed by atoms with Crippen LogP contribution in [0.5, 0.6) is 0 Å². The van der Waals surface area contributed by atoms with E-state index in [-0.39, 0.29) is 0 Å². The van der Waals surface area contributed by atoms with E-state index in [4.69, 9.17) is 10.6 Å². The molecule has 0 radical (unpaired) electrons. The van der Waals surface area contributed by atoms with Gasteiger partial charge in [-0.25, -0.2) is 0 Å². The smallest absolute Gasteiger partial charge is 0.0468 e. The minimum Gasteiger partial charge on any atom is -0.381 e. The second-order valence-corrected chi connectivity index (χ2v) is 2.62. The molecular formula is C7H14N2O. The lowest BCUT2D eigenvalue weighted by atomic mass is 9.97. The van der Waals surface area contributed by atoms with Gasteiger partial charge in [-0.15, -0.1) is 0 Å². The Morgan fingerprint density at radius 1 is 1.50 bits per heavy atom. The third-order valence-electron chi connectivity index (χ3n) is 1.89. The number of hydrogen-bond acceptors (Lipinski definition) is 3. The molecule has 2 N–H and O–H groups in total. The van der Waals surface area contributed by atoms with E-state index in [1.54, 1.807) is 6.21 Å². The number of nitrogens with zero attached hydrogens (tertiary/aromatic N) is 1. The molecule has 0 atom stereocenters. The Hall–Kier alpha value is -0.570. The standard InChI is InChI=1S/C7H14N2O/c8-9-4-1-7-2-5-10-6-3-7/h4,7H,1-3,5-6,8H2/b9-4+. The maximum absolute atomic E-state index is 5.20. The van der Waals surface area contributed by atoms with Crippen molar-refractivity contribution < 1.29 is 4.74 Å². The van der Waals surface area contributed by atoms with Crippen molar-refractivity contribution in [2.75, 3.05) is 13.2 Å². The minimum absolute atomic E-state index is 0.751. The minimum atomic E-state index is 0.751. The van der Waals surface area contributed by atoms with E-state index >= 15 is 0 Å². The van der Waals surface area contributed by atoms with E-state index in [9.17, 15) is 0 Å². The van der Waals surface area contributed by atoms with Crippen molar-refractivity contribution in [3.8, 4) is 0 Å². The maximum atomic E-state index is 5.20. The van der Waals surface area contributed by atoms with Gasteiger partial charge in [-0.3, -0.25) is 0 Å². The van der Waals surface area contributed by atoms with Crippen LogP contribution in [0.3, 0.4) is 0 Å². The highest BCUT2D eigenvalue weighted by atomic mass is 16.5. The number of ether oxygens (including phenoxy) is 1. The van der Waals surface area contributed by atoms with Crippen LogP contribution in [0.25, 0.3) is 0 Å². The largest absolute Gasteiger partial charge is 0.381 e. The Morgan fingerprint density at radius 3 is 2.80 bits per heavy atom. The van der Waals surface area contributed by atoms with Gasteiger partial charge in [0.1, 0.15) is 0 Å². The Balaban J connectivity index is 2.13. The molecule has 1 fully saturated rings. The van der Waals surface area contributed by atoms with Crippen molar-refractivity contribution in [1.29, 1.82) is 0 Å². The van der Waals surface area contributed by atoms with Gasteiger partial charge < -0.3 is 10.6 Å². The van der Waals surface area contributed by atoms with Crippen LogP contribution in [0.1, 0.15) is 19.3 Å². The Bertz CT molecular complexity index is 108. The SMILES string of the molecule is N/N=C/CC1CCOCC1. The second kappa shape index (κ2) is 4.28. The molecule has 0 unspecified atom stereocenters. The summed E-state index contributed by atoms with van der Waals surface area (Å²) in [5.74, 6) is 5.73. The van der Waals surface area contributed by atoms with E-state index < -0.39 is 0 Å². The zero-order chi connectivity index (χ0) is 7.23. The van der Waals surface area contributed by atoms with Crippen molar-refractivity contribution in [3.63, 3.8) is 0 Å². The molecule has 1 aliphatic rings. The number of nitrogens with two attached hydrogens (primary N) is 1. The van der Waals surface area contributed by atoms with E-state index in [0.717, 1.165) is 38.4 Å². The molecule has 0 amide bonds. The lowest BCUT2D eigenvalue weighted by Gasteiger charge is -2.19. The van der Waals surface area contributed by atoms with Crippen LogP contribution in [-0.2, 0) is 4.74 Å². The summed E-state index contributed by atoms with van der Waals surface area (Å²) in [7, 11) is 0. The molecule has 0 saturated carbocycles. The first kappa shape index (κ1) is 7.54. The summed E-state index contributed by atoms with van der Waals surface area (Å²) in [6.07, 6.45) is 5.12. The van der Waals surface area contributed by atoms with Crippen molar-refractivity contribution in [2.45, 2.75) is 19.3 Å². The van der Waals surface area contributed by atoms with Crippen LogP contribution in [0, 0.1) is 5.92 Å². The Labute approximate surface area is 61.2 Å². The fourth-order valence-corrected chi connectivity index (χ4v) is 1.19. The van der Waals surface area contributed by atoms with Gasteiger partial charge in [0, 0.05) is 19.4 Å². The third kappa shape index (κ3) is 2.35. The summed E-state index contributed by atoms with van der Waals surface area (Å²) in [6.45, 7) is 1.81. The van der Waals surface area contributed by atoms with Crippen molar-refractivity contribution in [1.82, 2.24) is 0 Å². The van der Waals surface area contributed by atoms with E-state index in [1.807, 2.05) is 0 Å². The van der Waals surface area contributed by atoms with Crippen LogP contribution in [0.15, 0.2) is 5.10 Å². The molecule has 3 nitrogen and oxygen atoms in total. The molecule has 0 bridgehead atoms. The van der Waals surface area contributed by atoms with Gasteiger partial charge in [0.25, 0.3) is 0 Å². The molecule has 3 heteroatoms. The lowest BCUT2D eigenvalue weighted by molar-refractivity contribution is 0.0687. The topological polar surface area (TPSA) is 47.6 Å². The quantitative estimate of drug-likeness (QED) is 0.351.